The van der Waals surface area contributed by atoms with Gasteiger partial charge in [-0.1, -0.05) is 29.9 Å². The molecule has 1 amide bonds. The molecule has 0 radical (unpaired) electrons. The maximum Gasteiger partial charge on any atom is 0.350 e. The molecule has 1 aromatic carbocycles. The second kappa shape index (κ2) is 8.30. The number of thiazole rings is 1. The number of anilines is 1. The molecule has 2 aliphatic heterocycles. The minimum atomic E-state index is -0.796. The van der Waals surface area contributed by atoms with Crippen molar-refractivity contribution in [3.63, 3.8) is 0 Å². The van der Waals surface area contributed by atoms with Gasteiger partial charge >= 0.3 is 5.97 Å². The fourth-order valence-corrected chi connectivity index (χ4v) is 5.91. The molecule has 9 heteroatoms. The maximum absolute atomic E-state index is 13.6. The second-order valence-corrected chi connectivity index (χ2v) is 9.44. The molecule has 1 N–H and O–H groups in total. The van der Waals surface area contributed by atoms with E-state index >= 15 is 0 Å². The number of hydrogen-bond donors (Lipinski definition) is 1. The third-order valence-electron chi connectivity index (χ3n) is 6.40. The van der Waals surface area contributed by atoms with Crippen molar-refractivity contribution in [2.45, 2.75) is 51.7 Å². The van der Waals surface area contributed by atoms with Gasteiger partial charge in [0.05, 0.1) is 29.8 Å². The zero-order chi connectivity index (χ0) is 23.3. The van der Waals surface area contributed by atoms with E-state index in [1.807, 2.05) is 0 Å². The molecule has 1 fully saturated rings. The van der Waals surface area contributed by atoms with E-state index < -0.39 is 17.9 Å². The van der Waals surface area contributed by atoms with Gasteiger partial charge in [-0.3, -0.25) is 14.5 Å². The molecule has 0 saturated heterocycles. The first-order valence-electron chi connectivity index (χ1n) is 11.1. The Morgan fingerprint density at radius 2 is 2.09 bits per heavy atom. The van der Waals surface area contributed by atoms with Crippen LogP contribution < -0.4 is 4.90 Å². The van der Waals surface area contributed by atoms with Crippen LogP contribution in [0.5, 0.6) is 5.75 Å². The van der Waals surface area contributed by atoms with Crippen LogP contribution in [0.25, 0.3) is 0 Å². The molecule has 0 spiro atoms. The third kappa shape index (κ3) is 3.51. The van der Waals surface area contributed by atoms with Gasteiger partial charge in [0.2, 0.25) is 0 Å². The standard InChI is InChI=1S/C24H24N2O6S/c1-3-31-23(30)21-12(2)25-24(33-21)26-18(13-7-6-8-14(27)11-13)17-19(28)15-9-4-5-10-16(15)32-20(17)22(26)29/h6-8,11,15-16,18,27H,3-5,9-10H2,1-2H3. The molecule has 8 nitrogen and oxygen atoms in total. The number of fused-ring (bicyclic) bond motifs is 1. The number of carbonyl (C=O) groups excluding carboxylic acids is 3. The highest BCUT2D eigenvalue weighted by Crippen LogP contribution is 2.49. The lowest BCUT2D eigenvalue weighted by molar-refractivity contribution is -0.131. The van der Waals surface area contributed by atoms with E-state index in [2.05, 4.69) is 4.98 Å². The van der Waals surface area contributed by atoms with Gasteiger partial charge in [-0.15, -0.1) is 0 Å². The highest BCUT2D eigenvalue weighted by molar-refractivity contribution is 7.17. The number of ketones is 1. The summed E-state index contributed by atoms with van der Waals surface area (Å²) >= 11 is 1.05. The van der Waals surface area contributed by atoms with Crippen LogP contribution in [0.2, 0.25) is 0 Å². The van der Waals surface area contributed by atoms with Crippen molar-refractivity contribution in [1.29, 1.82) is 0 Å². The van der Waals surface area contributed by atoms with Crippen LogP contribution in [0.4, 0.5) is 5.13 Å². The molecule has 172 valence electrons. The lowest BCUT2D eigenvalue weighted by Crippen LogP contribution is -2.39. The first-order chi connectivity index (χ1) is 15.9. The summed E-state index contributed by atoms with van der Waals surface area (Å²) in [5.74, 6) is -1.24. The second-order valence-electron chi connectivity index (χ2n) is 8.46. The topological polar surface area (TPSA) is 106 Å². The Hall–Kier alpha value is -3.20. The molecule has 3 unspecified atom stereocenters. The van der Waals surface area contributed by atoms with E-state index in [1.54, 1.807) is 26.0 Å². The van der Waals surface area contributed by atoms with Gasteiger partial charge in [0.15, 0.2) is 16.7 Å². The Labute approximate surface area is 194 Å². The van der Waals surface area contributed by atoms with Crippen molar-refractivity contribution in [3.05, 3.63) is 51.7 Å². The number of carbonyl (C=O) groups is 3. The number of amides is 1. The minimum Gasteiger partial charge on any atom is -0.508 e. The minimum absolute atomic E-state index is 0.0243. The first-order valence-corrected chi connectivity index (χ1v) is 11.9. The normalized spacial score (nSPS) is 24.4. The number of aryl methyl sites for hydroxylation is 1. The van der Waals surface area contributed by atoms with Crippen molar-refractivity contribution in [2.24, 2.45) is 5.92 Å². The van der Waals surface area contributed by atoms with Crippen molar-refractivity contribution >= 4 is 34.1 Å². The monoisotopic (exact) mass is 468 g/mol. The molecule has 1 aliphatic carbocycles. The van der Waals surface area contributed by atoms with Gasteiger partial charge in [0, 0.05) is 0 Å². The number of Topliss-reactive ketones (excluding diaryl/α,β-unsaturated/α-hetero) is 1. The predicted molar refractivity (Wildman–Crippen MR) is 120 cm³/mol. The zero-order valence-electron chi connectivity index (χ0n) is 18.4. The molecular formula is C24H24N2O6S. The molecule has 3 heterocycles. The van der Waals surface area contributed by atoms with E-state index in [4.69, 9.17) is 9.47 Å². The molecule has 3 atom stereocenters. The highest BCUT2D eigenvalue weighted by Gasteiger charge is 2.53. The Bertz CT molecular complexity index is 1190. The summed E-state index contributed by atoms with van der Waals surface area (Å²) in [6, 6.07) is 5.69. The molecule has 3 aliphatic rings. The van der Waals surface area contributed by atoms with Gasteiger partial charge in [-0.25, -0.2) is 9.78 Å². The summed E-state index contributed by atoms with van der Waals surface area (Å²) in [6.07, 6.45) is 3.07. The van der Waals surface area contributed by atoms with Crippen molar-refractivity contribution in [2.75, 3.05) is 11.5 Å². The summed E-state index contributed by atoms with van der Waals surface area (Å²) in [7, 11) is 0. The first kappa shape index (κ1) is 21.6. The Morgan fingerprint density at radius 3 is 2.85 bits per heavy atom. The quantitative estimate of drug-likeness (QED) is 0.680. The third-order valence-corrected chi connectivity index (χ3v) is 7.54. The van der Waals surface area contributed by atoms with Crippen LogP contribution in [0.3, 0.4) is 0 Å². The van der Waals surface area contributed by atoms with Gasteiger partial charge in [-0.2, -0.15) is 0 Å². The van der Waals surface area contributed by atoms with E-state index in [9.17, 15) is 19.5 Å². The van der Waals surface area contributed by atoms with E-state index in [0.29, 0.717) is 21.7 Å². The molecule has 2 aromatic rings. The summed E-state index contributed by atoms with van der Waals surface area (Å²) in [5, 5.41) is 10.4. The van der Waals surface area contributed by atoms with Crippen LogP contribution >= 0.6 is 11.3 Å². The van der Waals surface area contributed by atoms with Crippen molar-refractivity contribution < 1.29 is 29.0 Å². The number of phenols is 1. The summed E-state index contributed by atoms with van der Waals surface area (Å²) in [6.45, 7) is 3.62. The maximum atomic E-state index is 13.6. The molecule has 1 saturated carbocycles. The number of ether oxygens (including phenoxy) is 2. The number of aromatic nitrogens is 1. The number of phenolic OH excluding ortho intramolecular Hbond substituents is 1. The molecule has 1 aromatic heterocycles. The number of benzene rings is 1. The molecular weight excluding hydrogens is 444 g/mol. The average molecular weight is 469 g/mol. The number of nitrogens with zero attached hydrogens (tertiary/aromatic N) is 2. The largest absolute Gasteiger partial charge is 0.508 e. The Balaban J connectivity index is 1.63. The Kier molecular flexibility index (Phi) is 5.44. The lowest BCUT2D eigenvalue weighted by Gasteiger charge is -2.35. The Morgan fingerprint density at radius 1 is 1.30 bits per heavy atom. The number of rotatable bonds is 4. The number of aromatic hydroxyl groups is 1. The summed E-state index contributed by atoms with van der Waals surface area (Å²) in [4.78, 5) is 45.8. The van der Waals surface area contributed by atoms with Gasteiger partial charge in [0.1, 0.15) is 16.7 Å². The summed E-state index contributed by atoms with van der Waals surface area (Å²) in [5.41, 5.74) is 1.33. The van der Waals surface area contributed by atoms with Crippen LogP contribution in [-0.4, -0.2) is 40.5 Å². The number of hydrogen-bond acceptors (Lipinski definition) is 8. The van der Waals surface area contributed by atoms with Crippen LogP contribution in [0.1, 0.15) is 59.6 Å². The fourth-order valence-electron chi connectivity index (χ4n) is 4.92. The average Bonchev–Trinajstić information content (AvgIpc) is 3.32. The fraction of sp³-hybridized carbons (Fsp3) is 0.417. The predicted octanol–water partition coefficient (Wildman–Crippen LogP) is 3.83. The molecule has 5 rings (SSSR count). The SMILES string of the molecule is CCOC(=O)c1sc(N2C(=O)C3=C(C(=O)C4CCCCC4O3)C2c2cccc(O)c2)nc1C. The van der Waals surface area contributed by atoms with E-state index in [1.165, 1.54) is 17.0 Å². The van der Waals surface area contributed by atoms with E-state index in [0.717, 1.165) is 37.0 Å². The van der Waals surface area contributed by atoms with Gasteiger partial charge in [0.25, 0.3) is 5.91 Å². The van der Waals surface area contributed by atoms with Gasteiger partial charge in [-0.05, 0) is 50.8 Å². The van der Waals surface area contributed by atoms with Crippen molar-refractivity contribution in [1.82, 2.24) is 4.98 Å². The highest BCUT2D eigenvalue weighted by atomic mass is 32.1. The lowest BCUT2D eigenvalue weighted by atomic mass is 9.77. The zero-order valence-corrected chi connectivity index (χ0v) is 19.2. The van der Waals surface area contributed by atoms with Crippen LogP contribution in [0, 0.1) is 12.8 Å². The van der Waals surface area contributed by atoms with Crippen LogP contribution in [0.15, 0.2) is 35.6 Å². The van der Waals surface area contributed by atoms with Crippen molar-refractivity contribution in [3.8, 4) is 5.75 Å². The molecule has 33 heavy (non-hydrogen) atoms. The van der Waals surface area contributed by atoms with Crippen LogP contribution in [-0.2, 0) is 19.1 Å². The molecule has 0 bridgehead atoms. The van der Waals surface area contributed by atoms with E-state index in [-0.39, 0.29) is 41.1 Å². The smallest absolute Gasteiger partial charge is 0.350 e. The number of esters is 1. The van der Waals surface area contributed by atoms with Gasteiger partial charge < -0.3 is 14.6 Å². The summed E-state index contributed by atoms with van der Waals surface area (Å²) < 4.78 is 11.3.